The number of benzene rings is 2. The van der Waals surface area contributed by atoms with E-state index >= 15 is 0 Å². The zero-order valence-corrected chi connectivity index (χ0v) is 10.5. The van der Waals surface area contributed by atoms with E-state index in [1.165, 1.54) is 16.7 Å². The lowest BCUT2D eigenvalue weighted by Gasteiger charge is -2.13. The van der Waals surface area contributed by atoms with Crippen molar-refractivity contribution in [3.63, 3.8) is 0 Å². The summed E-state index contributed by atoms with van der Waals surface area (Å²) in [6.07, 6.45) is 0. The molecule has 0 spiro atoms. The van der Waals surface area contributed by atoms with Crippen LogP contribution in [0.25, 0.3) is 0 Å². The van der Waals surface area contributed by atoms with E-state index < -0.39 is 0 Å². The van der Waals surface area contributed by atoms with Gasteiger partial charge in [-0.1, -0.05) is 18.2 Å². The molecule has 88 valence electrons. The van der Waals surface area contributed by atoms with Crippen LogP contribution in [0.15, 0.2) is 36.4 Å². The quantitative estimate of drug-likeness (QED) is 0.761. The number of aryl methyl sites for hydroxylation is 3. The summed E-state index contributed by atoms with van der Waals surface area (Å²) in [5, 5.41) is 3.38. The molecule has 2 aromatic rings. The fraction of sp³-hybridized carbons (Fsp3) is 0.200. The smallest absolute Gasteiger partial charge is 0.0620 e. The summed E-state index contributed by atoms with van der Waals surface area (Å²) < 4.78 is 0. The molecule has 0 atom stereocenters. The Morgan fingerprint density at radius 1 is 0.824 bits per heavy atom. The van der Waals surface area contributed by atoms with Crippen molar-refractivity contribution in [1.82, 2.24) is 0 Å². The molecule has 0 unspecified atom stereocenters. The summed E-state index contributed by atoms with van der Waals surface area (Å²) in [6, 6.07) is 12.3. The number of anilines is 3. The molecule has 0 aliphatic rings. The molecule has 0 aromatic heterocycles. The molecule has 2 heteroatoms. The molecule has 2 rings (SSSR count). The van der Waals surface area contributed by atoms with Crippen LogP contribution in [0.2, 0.25) is 0 Å². The predicted molar refractivity (Wildman–Crippen MR) is 74.8 cm³/mol. The Hall–Kier alpha value is -1.96. The molecular weight excluding hydrogens is 208 g/mol. The maximum atomic E-state index is 6.03. The van der Waals surface area contributed by atoms with Crippen LogP contribution in [0.1, 0.15) is 16.7 Å². The summed E-state index contributed by atoms with van der Waals surface area (Å²) >= 11 is 0. The van der Waals surface area contributed by atoms with Crippen molar-refractivity contribution >= 4 is 17.1 Å². The lowest BCUT2D eigenvalue weighted by Crippen LogP contribution is -1.99. The number of nitrogen functional groups attached to an aromatic ring is 1. The first kappa shape index (κ1) is 11.5. The molecule has 2 nitrogen and oxygen atoms in total. The van der Waals surface area contributed by atoms with Crippen molar-refractivity contribution in [2.45, 2.75) is 20.8 Å². The van der Waals surface area contributed by atoms with Crippen LogP contribution in [-0.2, 0) is 0 Å². The third-order valence-corrected chi connectivity index (χ3v) is 3.08. The molecule has 3 N–H and O–H groups in total. The van der Waals surface area contributed by atoms with Crippen molar-refractivity contribution in [1.29, 1.82) is 0 Å². The normalized spacial score (nSPS) is 10.3. The third-order valence-electron chi connectivity index (χ3n) is 3.08. The van der Waals surface area contributed by atoms with Gasteiger partial charge in [-0.25, -0.2) is 0 Å². The zero-order valence-electron chi connectivity index (χ0n) is 10.5. The van der Waals surface area contributed by atoms with Crippen molar-refractivity contribution in [3.05, 3.63) is 53.1 Å². The van der Waals surface area contributed by atoms with E-state index in [0.717, 1.165) is 17.1 Å². The van der Waals surface area contributed by atoms with Crippen LogP contribution in [0.4, 0.5) is 17.1 Å². The van der Waals surface area contributed by atoms with Gasteiger partial charge in [0.15, 0.2) is 0 Å². The number of rotatable bonds is 2. The summed E-state index contributed by atoms with van der Waals surface area (Å²) in [5.41, 5.74) is 12.6. The monoisotopic (exact) mass is 226 g/mol. The van der Waals surface area contributed by atoms with E-state index in [1.54, 1.807) is 0 Å². The maximum absolute atomic E-state index is 6.03. The molecule has 0 bridgehead atoms. The second kappa shape index (κ2) is 4.50. The maximum Gasteiger partial charge on any atom is 0.0620 e. The van der Waals surface area contributed by atoms with E-state index in [4.69, 9.17) is 5.73 Å². The highest BCUT2D eigenvalue weighted by Gasteiger charge is 2.04. The van der Waals surface area contributed by atoms with Crippen LogP contribution in [-0.4, -0.2) is 0 Å². The number of hydrogen-bond donors (Lipinski definition) is 2. The van der Waals surface area contributed by atoms with E-state index in [1.807, 2.05) is 18.2 Å². The molecule has 0 saturated carbocycles. The molecular formula is C15H18N2. The van der Waals surface area contributed by atoms with Crippen LogP contribution in [0.5, 0.6) is 0 Å². The van der Waals surface area contributed by atoms with Crippen molar-refractivity contribution < 1.29 is 0 Å². The van der Waals surface area contributed by atoms with Gasteiger partial charge in [-0.2, -0.15) is 0 Å². The molecule has 17 heavy (non-hydrogen) atoms. The van der Waals surface area contributed by atoms with Gasteiger partial charge in [-0.15, -0.1) is 0 Å². The van der Waals surface area contributed by atoms with Crippen LogP contribution in [0, 0.1) is 20.8 Å². The third kappa shape index (κ3) is 2.41. The number of nitrogens with two attached hydrogens (primary N) is 1. The Morgan fingerprint density at radius 2 is 1.47 bits per heavy atom. The van der Waals surface area contributed by atoms with E-state index in [2.05, 4.69) is 44.3 Å². The highest BCUT2D eigenvalue weighted by Crippen LogP contribution is 2.27. The summed E-state index contributed by atoms with van der Waals surface area (Å²) in [7, 11) is 0. The van der Waals surface area contributed by atoms with E-state index in [9.17, 15) is 0 Å². The second-order valence-corrected chi connectivity index (χ2v) is 4.46. The molecule has 0 heterocycles. The number of nitrogens with one attached hydrogen (secondary N) is 1. The first-order valence-corrected chi connectivity index (χ1v) is 5.77. The molecule has 0 aliphatic heterocycles. The van der Waals surface area contributed by atoms with E-state index in [-0.39, 0.29) is 0 Å². The summed E-state index contributed by atoms with van der Waals surface area (Å²) in [5.74, 6) is 0. The Labute approximate surface area is 102 Å². The topological polar surface area (TPSA) is 38.0 Å². The Kier molecular flexibility index (Phi) is 3.05. The zero-order chi connectivity index (χ0) is 12.4. The SMILES string of the molecule is Cc1cc(N)c(Nc2ccccc2C)cc1C. The molecule has 2 aromatic carbocycles. The number of hydrogen-bond acceptors (Lipinski definition) is 2. The fourth-order valence-electron chi connectivity index (χ4n) is 1.81. The minimum atomic E-state index is 0.788. The van der Waals surface area contributed by atoms with Crippen molar-refractivity contribution in [2.24, 2.45) is 0 Å². The van der Waals surface area contributed by atoms with Crippen LogP contribution < -0.4 is 11.1 Å². The molecule has 0 amide bonds. The average molecular weight is 226 g/mol. The van der Waals surface area contributed by atoms with Crippen LogP contribution in [0.3, 0.4) is 0 Å². The molecule has 0 aliphatic carbocycles. The average Bonchev–Trinajstić information content (AvgIpc) is 2.29. The van der Waals surface area contributed by atoms with Crippen LogP contribution >= 0.6 is 0 Å². The molecule has 0 fully saturated rings. The lowest BCUT2D eigenvalue weighted by atomic mass is 10.1. The Balaban J connectivity index is 2.37. The van der Waals surface area contributed by atoms with Gasteiger partial charge in [0.2, 0.25) is 0 Å². The van der Waals surface area contributed by atoms with Crippen molar-refractivity contribution in [2.75, 3.05) is 11.1 Å². The van der Waals surface area contributed by atoms with Gasteiger partial charge < -0.3 is 11.1 Å². The highest BCUT2D eigenvalue weighted by atomic mass is 14.9. The minimum Gasteiger partial charge on any atom is -0.397 e. The summed E-state index contributed by atoms with van der Waals surface area (Å²) in [6.45, 7) is 6.25. The standard InChI is InChI=1S/C15H18N2/c1-10-6-4-5-7-14(10)17-15-9-12(3)11(2)8-13(15)16/h4-9,17H,16H2,1-3H3. The molecule has 0 saturated heterocycles. The Bertz CT molecular complexity index is 545. The largest absolute Gasteiger partial charge is 0.397 e. The van der Waals surface area contributed by atoms with Gasteiger partial charge in [0.05, 0.1) is 11.4 Å². The predicted octanol–water partition coefficient (Wildman–Crippen LogP) is 3.94. The van der Waals surface area contributed by atoms with E-state index in [0.29, 0.717) is 0 Å². The second-order valence-electron chi connectivity index (χ2n) is 4.46. The summed E-state index contributed by atoms with van der Waals surface area (Å²) in [4.78, 5) is 0. The van der Waals surface area contributed by atoms with Gasteiger partial charge in [-0.3, -0.25) is 0 Å². The van der Waals surface area contributed by atoms with Gasteiger partial charge in [0, 0.05) is 5.69 Å². The molecule has 0 radical (unpaired) electrons. The minimum absolute atomic E-state index is 0.788. The van der Waals surface area contributed by atoms with Gasteiger partial charge in [0.1, 0.15) is 0 Å². The highest BCUT2D eigenvalue weighted by molar-refractivity contribution is 5.75. The Morgan fingerprint density at radius 3 is 2.18 bits per heavy atom. The van der Waals surface area contributed by atoms with Crippen molar-refractivity contribution in [3.8, 4) is 0 Å². The van der Waals surface area contributed by atoms with Gasteiger partial charge in [-0.05, 0) is 55.7 Å². The first-order valence-electron chi connectivity index (χ1n) is 5.77. The van der Waals surface area contributed by atoms with Gasteiger partial charge in [0.25, 0.3) is 0 Å². The number of para-hydroxylation sites is 1. The van der Waals surface area contributed by atoms with Gasteiger partial charge >= 0.3 is 0 Å². The fourth-order valence-corrected chi connectivity index (χ4v) is 1.81. The first-order chi connectivity index (χ1) is 8.08. The lowest BCUT2D eigenvalue weighted by molar-refractivity contribution is 1.33.